The molecular formula is C14H24O4. The number of carboxylic acids is 1. The summed E-state index contributed by atoms with van der Waals surface area (Å²) in [5, 5.41) is 9.35. The minimum Gasteiger partial charge on any atom is -0.479 e. The van der Waals surface area contributed by atoms with Gasteiger partial charge in [-0.05, 0) is 25.2 Å². The Hall–Kier alpha value is -0.610. The molecule has 0 aliphatic carbocycles. The van der Waals surface area contributed by atoms with E-state index in [0.717, 1.165) is 25.7 Å². The van der Waals surface area contributed by atoms with Gasteiger partial charge in [-0.2, -0.15) is 0 Å². The second kappa shape index (κ2) is 4.20. The zero-order chi connectivity index (χ0) is 13.6. The van der Waals surface area contributed by atoms with Crippen LogP contribution in [0.2, 0.25) is 0 Å². The van der Waals surface area contributed by atoms with Crippen molar-refractivity contribution in [3.05, 3.63) is 0 Å². The third-order valence-electron chi connectivity index (χ3n) is 4.89. The summed E-state index contributed by atoms with van der Waals surface area (Å²) in [6, 6.07) is 0. The molecule has 1 N–H and O–H groups in total. The van der Waals surface area contributed by atoms with Crippen LogP contribution >= 0.6 is 0 Å². The molecule has 0 radical (unpaired) electrons. The third-order valence-corrected chi connectivity index (χ3v) is 4.89. The van der Waals surface area contributed by atoms with E-state index >= 15 is 0 Å². The van der Waals surface area contributed by atoms with Crippen LogP contribution in [0, 0.1) is 5.92 Å². The number of hydrogen-bond donors (Lipinski definition) is 1. The van der Waals surface area contributed by atoms with Gasteiger partial charge >= 0.3 is 5.97 Å². The third kappa shape index (κ3) is 1.48. The first-order valence-corrected chi connectivity index (χ1v) is 7.11. The fourth-order valence-corrected chi connectivity index (χ4v) is 3.34. The van der Waals surface area contributed by atoms with Crippen LogP contribution < -0.4 is 0 Å². The van der Waals surface area contributed by atoms with Crippen molar-refractivity contribution < 1.29 is 19.4 Å². The molecule has 3 unspecified atom stereocenters. The number of rotatable bonds is 7. The Kier molecular flexibility index (Phi) is 3.23. The molecule has 2 saturated heterocycles. The maximum absolute atomic E-state index is 11.4. The van der Waals surface area contributed by atoms with Crippen LogP contribution in [0.15, 0.2) is 0 Å². The number of carboxylic acid groups (broad SMARTS) is 1. The molecule has 0 aromatic heterocycles. The zero-order valence-corrected chi connectivity index (χ0v) is 11.8. The van der Waals surface area contributed by atoms with Crippen molar-refractivity contribution in [3.8, 4) is 0 Å². The van der Waals surface area contributed by atoms with Gasteiger partial charge in [-0.1, -0.05) is 40.5 Å². The van der Waals surface area contributed by atoms with E-state index in [1.807, 2.05) is 6.92 Å². The van der Waals surface area contributed by atoms with Crippen LogP contribution in [0.5, 0.6) is 0 Å². The minimum absolute atomic E-state index is 0.363. The summed E-state index contributed by atoms with van der Waals surface area (Å²) in [4.78, 5) is 11.4. The molecule has 18 heavy (non-hydrogen) atoms. The molecule has 1 spiro atoms. The van der Waals surface area contributed by atoms with Crippen molar-refractivity contribution >= 4 is 5.97 Å². The van der Waals surface area contributed by atoms with E-state index in [4.69, 9.17) is 9.47 Å². The molecule has 4 nitrogen and oxygen atoms in total. The molecule has 4 heteroatoms. The highest BCUT2D eigenvalue weighted by molar-refractivity contribution is 5.84. The Morgan fingerprint density at radius 3 is 2.06 bits per heavy atom. The van der Waals surface area contributed by atoms with Crippen LogP contribution in [0.3, 0.4) is 0 Å². The number of hydrogen-bond acceptors (Lipinski definition) is 3. The highest BCUT2D eigenvalue weighted by Gasteiger charge is 2.94. The van der Waals surface area contributed by atoms with Crippen LogP contribution in [0.4, 0.5) is 0 Å². The first-order chi connectivity index (χ1) is 8.47. The summed E-state index contributed by atoms with van der Waals surface area (Å²) < 4.78 is 11.4. The summed E-state index contributed by atoms with van der Waals surface area (Å²) in [6.07, 6.45) is 4.39. The molecule has 0 saturated carbocycles. The lowest BCUT2D eigenvalue weighted by Crippen LogP contribution is -2.32. The molecule has 2 aliphatic heterocycles. The molecule has 104 valence electrons. The number of epoxide rings is 2. The summed E-state index contributed by atoms with van der Waals surface area (Å²) >= 11 is 0. The monoisotopic (exact) mass is 256 g/mol. The molecular weight excluding hydrogens is 232 g/mol. The molecule has 0 aromatic carbocycles. The average Bonchev–Trinajstić information content (AvgIpc) is 3.23. The maximum Gasteiger partial charge on any atom is 0.341 e. The normalized spacial score (nSPS) is 41.4. The Morgan fingerprint density at radius 1 is 1.11 bits per heavy atom. The van der Waals surface area contributed by atoms with Gasteiger partial charge in [0.15, 0.2) is 0 Å². The summed E-state index contributed by atoms with van der Waals surface area (Å²) in [6.45, 7) is 8.25. The second-order valence-electron chi connectivity index (χ2n) is 5.54. The Balaban J connectivity index is 2.14. The second-order valence-corrected chi connectivity index (χ2v) is 5.54. The van der Waals surface area contributed by atoms with E-state index in [1.165, 1.54) is 0 Å². The quantitative estimate of drug-likeness (QED) is 0.711. The van der Waals surface area contributed by atoms with Crippen molar-refractivity contribution in [2.45, 2.75) is 76.8 Å². The first-order valence-electron chi connectivity index (χ1n) is 7.11. The van der Waals surface area contributed by atoms with Crippen molar-refractivity contribution in [2.24, 2.45) is 5.92 Å². The lowest BCUT2D eigenvalue weighted by molar-refractivity contribution is -0.143. The molecule has 2 rings (SSSR count). The molecule has 2 aliphatic rings. The number of carbonyl (C=O) groups is 1. The van der Waals surface area contributed by atoms with Crippen LogP contribution in [0.1, 0.15) is 59.8 Å². The molecule has 3 atom stereocenters. The lowest BCUT2D eigenvalue weighted by Gasteiger charge is -2.17. The van der Waals surface area contributed by atoms with Gasteiger partial charge in [0.25, 0.3) is 0 Å². The largest absolute Gasteiger partial charge is 0.479 e. The van der Waals surface area contributed by atoms with E-state index in [-0.39, 0.29) is 5.60 Å². The van der Waals surface area contributed by atoms with Crippen molar-refractivity contribution in [1.82, 2.24) is 0 Å². The van der Waals surface area contributed by atoms with Gasteiger partial charge in [0.05, 0.1) is 0 Å². The minimum atomic E-state index is -1.09. The molecule has 0 bridgehead atoms. The van der Waals surface area contributed by atoms with Crippen molar-refractivity contribution in [2.75, 3.05) is 0 Å². The fourth-order valence-electron chi connectivity index (χ4n) is 3.34. The van der Waals surface area contributed by atoms with Crippen molar-refractivity contribution in [1.29, 1.82) is 0 Å². The van der Waals surface area contributed by atoms with E-state index in [0.29, 0.717) is 12.3 Å². The standard InChI is InChI=1S/C14H24O4/c1-5-10(6-2)9-12(7-3)14(17-12)13(8-4,18-14)11(15)16/h10H,5-9H2,1-4H3,(H,15,16). The topological polar surface area (TPSA) is 62.4 Å². The fraction of sp³-hybridized carbons (Fsp3) is 0.929. The summed E-state index contributed by atoms with van der Waals surface area (Å²) in [7, 11) is 0. The molecule has 0 amide bonds. The highest BCUT2D eigenvalue weighted by Crippen LogP contribution is 2.73. The molecule has 2 fully saturated rings. The summed E-state index contributed by atoms with van der Waals surface area (Å²) in [5.74, 6) is -1.13. The van der Waals surface area contributed by atoms with E-state index in [2.05, 4.69) is 20.8 Å². The predicted octanol–water partition coefficient (Wildman–Crippen LogP) is 2.95. The van der Waals surface area contributed by atoms with Crippen LogP contribution in [0.25, 0.3) is 0 Å². The highest BCUT2D eigenvalue weighted by atomic mass is 16.9. The SMILES string of the molecule is CCC(CC)CC1(CC)OC12OC2(CC)C(=O)O. The summed E-state index contributed by atoms with van der Waals surface area (Å²) in [5.41, 5.74) is -1.45. The van der Waals surface area contributed by atoms with Gasteiger partial charge in [0.1, 0.15) is 5.60 Å². The predicted molar refractivity (Wildman–Crippen MR) is 67.3 cm³/mol. The van der Waals surface area contributed by atoms with E-state index in [1.54, 1.807) is 0 Å². The molecule has 0 aromatic rings. The van der Waals surface area contributed by atoms with E-state index in [9.17, 15) is 9.90 Å². The van der Waals surface area contributed by atoms with E-state index < -0.39 is 17.4 Å². The van der Waals surface area contributed by atoms with Gasteiger partial charge in [0.2, 0.25) is 11.4 Å². The van der Waals surface area contributed by atoms with Crippen LogP contribution in [-0.4, -0.2) is 28.1 Å². The Bertz CT molecular complexity index is 352. The maximum atomic E-state index is 11.4. The van der Waals surface area contributed by atoms with Gasteiger partial charge in [-0.3, -0.25) is 0 Å². The first kappa shape index (κ1) is 13.8. The van der Waals surface area contributed by atoms with Gasteiger partial charge in [-0.25, -0.2) is 4.79 Å². The smallest absolute Gasteiger partial charge is 0.341 e. The Labute approximate surface area is 109 Å². The van der Waals surface area contributed by atoms with Gasteiger partial charge in [0, 0.05) is 0 Å². The average molecular weight is 256 g/mol. The molecule has 2 heterocycles. The number of aliphatic carboxylic acids is 1. The zero-order valence-electron chi connectivity index (χ0n) is 11.8. The van der Waals surface area contributed by atoms with Gasteiger partial charge < -0.3 is 14.6 Å². The lowest BCUT2D eigenvalue weighted by atomic mass is 9.82. The van der Waals surface area contributed by atoms with Crippen molar-refractivity contribution in [3.63, 3.8) is 0 Å². The van der Waals surface area contributed by atoms with Gasteiger partial charge in [-0.15, -0.1) is 0 Å². The Morgan fingerprint density at radius 2 is 1.72 bits per heavy atom. The van der Waals surface area contributed by atoms with Crippen LogP contribution in [-0.2, 0) is 14.3 Å². The number of ether oxygens (including phenoxy) is 2.